The topological polar surface area (TPSA) is 25.8 Å². The van der Waals surface area contributed by atoms with Gasteiger partial charge in [-0.2, -0.15) is 0 Å². The van der Waals surface area contributed by atoms with Crippen molar-refractivity contribution in [3.8, 4) is 89.5 Å². The van der Waals surface area contributed by atoms with Crippen LogP contribution in [0.5, 0.6) is 0 Å². The van der Waals surface area contributed by atoms with Gasteiger partial charge in [0.05, 0.1) is 11.4 Å². The second-order valence-corrected chi connectivity index (χ2v) is 16.6. The minimum Gasteiger partial charge on any atom is -0.228 e. The van der Waals surface area contributed by atoms with Gasteiger partial charge < -0.3 is 0 Å². The monoisotopic (exact) mass is 778 g/mol. The summed E-state index contributed by atoms with van der Waals surface area (Å²) in [4.78, 5) is 10.6. The molecule has 1 aliphatic rings. The van der Waals surface area contributed by atoms with Crippen LogP contribution in [0.25, 0.3) is 100 Å². The predicted molar refractivity (Wildman–Crippen MR) is 255 cm³/mol. The molecule has 0 fully saturated rings. The van der Waals surface area contributed by atoms with Crippen molar-refractivity contribution in [2.24, 2.45) is 0 Å². The Kier molecular flexibility index (Phi) is 8.86. The van der Waals surface area contributed by atoms with Crippen LogP contribution in [0, 0.1) is 0 Å². The normalized spacial score (nSPS) is 12.6. The SMILES string of the molecule is CC1(C)c2cc3ccccc3cc2-c2c(-c3cccc(-c4cccc(-c5nc(-c6cccc(-c7ccccc7)c6)cc(-c6cccc(-c7ccccc7)c6)n5)c4)c3)cccc21. The highest BCUT2D eigenvalue weighted by molar-refractivity contribution is 5.99. The Morgan fingerprint density at radius 1 is 0.295 bits per heavy atom. The summed E-state index contributed by atoms with van der Waals surface area (Å²) in [7, 11) is 0. The first kappa shape index (κ1) is 36.4. The highest BCUT2D eigenvalue weighted by atomic mass is 14.9. The fourth-order valence-corrected chi connectivity index (χ4v) is 9.27. The summed E-state index contributed by atoms with van der Waals surface area (Å²) in [5.41, 5.74) is 19.5. The van der Waals surface area contributed by atoms with Crippen molar-refractivity contribution in [2.45, 2.75) is 19.3 Å². The maximum Gasteiger partial charge on any atom is 0.160 e. The first-order chi connectivity index (χ1) is 30.0. The summed E-state index contributed by atoms with van der Waals surface area (Å²) in [5, 5.41) is 2.56. The van der Waals surface area contributed by atoms with Crippen molar-refractivity contribution in [3.63, 3.8) is 0 Å². The highest BCUT2D eigenvalue weighted by Gasteiger charge is 2.37. The van der Waals surface area contributed by atoms with E-state index >= 15 is 0 Å². The molecule has 288 valence electrons. The summed E-state index contributed by atoms with van der Waals surface area (Å²) >= 11 is 0. The standard InChI is InChI=1S/C59H42N2/c1-59(2)53-31-15-30-51(57(53)52-36-45-20-9-10-21-46(45)37-54(52)59)47-26-11-24-43(32-47)44-25-14-29-50(35-44)58-60-55(48-27-12-22-41(33-48)39-16-5-3-6-17-39)38-56(61-58)49-28-13-23-42(34-49)40-18-7-4-8-19-40/h3-38H,1-2H3. The van der Waals surface area contributed by atoms with E-state index in [1.54, 1.807) is 0 Å². The van der Waals surface area contributed by atoms with Crippen LogP contribution in [0.3, 0.4) is 0 Å². The van der Waals surface area contributed by atoms with Gasteiger partial charge in [0.25, 0.3) is 0 Å². The molecule has 9 aromatic carbocycles. The van der Waals surface area contributed by atoms with Crippen LogP contribution in [0.4, 0.5) is 0 Å². The smallest absolute Gasteiger partial charge is 0.160 e. The zero-order valence-corrected chi connectivity index (χ0v) is 34.2. The minimum absolute atomic E-state index is 0.101. The van der Waals surface area contributed by atoms with E-state index in [-0.39, 0.29) is 5.41 Å². The van der Waals surface area contributed by atoms with Crippen LogP contribution in [-0.4, -0.2) is 9.97 Å². The van der Waals surface area contributed by atoms with Gasteiger partial charge in [0.1, 0.15) is 0 Å². The number of nitrogens with zero attached hydrogens (tertiary/aromatic N) is 2. The van der Waals surface area contributed by atoms with Crippen molar-refractivity contribution < 1.29 is 0 Å². The number of hydrogen-bond donors (Lipinski definition) is 0. The number of fused-ring (bicyclic) bond motifs is 4. The van der Waals surface area contributed by atoms with E-state index in [0.717, 1.165) is 50.3 Å². The molecule has 0 unspecified atom stereocenters. The molecule has 61 heavy (non-hydrogen) atoms. The maximum atomic E-state index is 5.30. The molecule has 0 N–H and O–H groups in total. The van der Waals surface area contributed by atoms with Gasteiger partial charge in [-0.3, -0.25) is 0 Å². The van der Waals surface area contributed by atoms with E-state index in [1.807, 2.05) is 0 Å². The van der Waals surface area contributed by atoms with Crippen LogP contribution in [0.2, 0.25) is 0 Å². The molecule has 0 saturated carbocycles. The van der Waals surface area contributed by atoms with Gasteiger partial charge in [0.15, 0.2) is 5.82 Å². The maximum absolute atomic E-state index is 5.30. The van der Waals surface area contributed by atoms with E-state index in [9.17, 15) is 0 Å². The molecule has 2 nitrogen and oxygen atoms in total. The molecule has 0 saturated heterocycles. The fourth-order valence-electron chi connectivity index (χ4n) is 9.27. The number of aromatic nitrogens is 2. The Bertz CT molecular complexity index is 3170. The molecule has 11 rings (SSSR count). The van der Waals surface area contributed by atoms with E-state index < -0.39 is 0 Å². The van der Waals surface area contributed by atoms with Crippen LogP contribution >= 0.6 is 0 Å². The Morgan fingerprint density at radius 2 is 0.721 bits per heavy atom. The lowest BCUT2D eigenvalue weighted by Crippen LogP contribution is -2.14. The molecule has 1 aromatic heterocycles. The lowest BCUT2D eigenvalue weighted by Gasteiger charge is -2.22. The lowest BCUT2D eigenvalue weighted by atomic mass is 9.81. The molecule has 0 spiro atoms. The molecule has 0 aliphatic heterocycles. The summed E-state index contributed by atoms with van der Waals surface area (Å²) in [6, 6.07) is 78.5. The predicted octanol–water partition coefficient (Wildman–Crippen LogP) is 15.6. The molecular formula is C59H42N2. The third kappa shape index (κ3) is 6.63. The first-order valence-corrected chi connectivity index (χ1v) is 21.1. The van der Waals surface area contributed by atoms with Crippen molar-refractivity contribution in [1.82, 2.24) is 9.97 Å². The summed E-state index contributed by atoms with van der Waals surface area (Å²) in [6.45, 7) is 4.72. The molecule has 0 amide bonds. The van der Waals surface area contributed by atoms with Gasteiger partial charge in [-0.05, 0) is 120 Å². The largest absolute Gasteiger partial charge is 0.228 e. The van der Waals surface area contributed by atoms with Crippen molar-refractivity contribution >= 4 is 10.8 Å². The Hall–Kier alpha value is -7.68. The zero-order chi connectivity index (χ0) is 40.9. The average molecular weight is 779 g/mol. The molecule has 10 aromatic rings. The second kappa shape index (κ2) is 14.9. The van der Waals surface area contributed by atoms with Crippen LogP contribution in [0.1, 0.15) is 25.0 Å². The van der Waals surface area contributed by atoms with E-state index in [0.29, 0.717) is 5.82 Å². The van der Waals surface area contributed by atoms with E-state index in [2.05, 4.69) is 232 Å². The molecule has 0 atom stereocenters. The van der Waals surface area contributed by atoms with Crippen LogP contribution < -0.4 is 0 Å². The zero-order valence-electron chi connectivity index (χ0n) is 34.2. The third-order valence-electron chi connectivity index (χ3n) is 12.5. The summed E-state index contributed by atoms with van der Waals surface area (Å²) in [5.74, 6) is 0.688. The molecule has 0 radical (unpaired) electrons. The lowest BCUT2D eigenvalue weighted by molar-refractivity contribution is 0.661. The van der Waals surface area contributed by atoms with Crippen molar-refractivity contribution in [3.05, 3.63) is 230 Å². The van der Waals surface area contributed by atoms with E-state index in [1.165, 1.54) is 55.3 Å². The van der Waals surface area contributed by atoms with E-state index in [4.69, 9.17) is 9.97 Å². The minimum atomic E-state index is -0.101. The second-order valence-electron chi connectivity index (χ2n) is 16.6. The van der Waals surface area contributed by atoms with Gasteiger partial charge in [-0.1, -0.05) is 190 Å². The highest BCUT2D eigenvalue weighted by Crippen LogP contribution is 2.53. The van der Waals surface area contributed by atoms with Crippen LogP contribution in [-0.2, 0) is 5.41 Å². The van der Waals surface area contributed by atoms with Gasteiger partial charge >= 0.3 is 0 Å². The third-order valence-corrected chi connectivity index (χ3v) is 12.5. The molecule has 1 aliphatic carbocycles. The molecule has 2 heteroatoms. The van der Waals surface area contributed by atoms with Gasteiger partial charge in [-0.15, -0.1) is 0 Å². The average Bonchev–Trinajstić information content (AvgIpc) is 3.56. The van der Waals surface area contributed by atoms with Gasteiger partial charge in [0, 0.05) is 22.1 Å². The Morgan fingerprint density at radius 3 is 1.31 bits per heavy atom. The fraction of sp³-hybridized carbons (Fsp3) is 0.0508. The summed E-state index contributed by atoms with van der Waals surface area (Å²) in [6.07, 6.45) is 0. The van der Waals surface area contributed by atoms with Crippen LogP contribution in [0.15, 0.2) is 218 Å². The number of benzene rings is 9. The molecule has 1 heterocycles. The Labute approximate surface area is 357 Å². The summed E-state index contributed by atoms with van der Waals surface area (Å²) < 4.78 is 0. The molecular weight excluding hydrogens is 737 g/mol. The van der Waals surface area contributed by atoms with Gasteiger partial charge in [0.2, 0.25) is 0 Å². The molecule has 0 bridgehead atoms. The number of rotatable bonds is 7. The quantitative estimate of drug-likeness (QED) is 0.161. The Balaban J connectivity index is 1.02. The van der Waals surface area contributed by atoms with Gasteiger partial charge in [-0.25, -0.2) is 9.97 Å². The first-order valence-electron chi connectivity index (χ1n) is 21.1. The van der Waals surface area contributed by atoms with Crippen molar-refractivity contribution in [1.29, 1.82) is 0 Å². The van der Waals surface area contributed by atoms with Crippen molar-refractivity contribution in [2.75, 3.05) is 0 Å². The number of hydrogen-bond acceptors (Lipinski definition) is 2.